The summed E-state index contributed by atoms with van der Waals surface area (Å²) in [6, 6.07) is 3.55. The van der Waals surface area contributed by atoms with Crippen LogP contribution in [0.4, 0.5) is 4.79 Å². The first-order valence-corrected chi connectivity index (χ1v) is 6.70. The fourth-order valence-electron chi connectivity index (χ4n) is 1.93. The summed E-state index contributed by atoms with van der Waals surface area (Å²) < 4.78 is 0. The van der Waals surface area contributed by atoms with Crippen molar-refractivity contribution in [3.8, 4) is 0 Å². The van der Waals surface area contributed by atoms with Gasteiger partial charge >= 0.3 is 12.0 Å². The number of thiophene rings is 1. The van der Waals surface area contributed by atoms with Crippen molar-refractivity contribution in [3.05, 3.63) is 22.4 Å². The van der Waals surface area contributed by atoms with E-state index in [9.17, 15) is 9.59 Å². The number of rotatable bonds is 4. The maximum absolute atomic E-state index is 11.9. The number of hydrogen-bond donors (Lipinski definition) is 2. The summed E-state index contributed by atoms with van der Waals surface area (Å²) in [6.07, 6.45) is 1.88. The molecular weight excluding hydrogens is 252 g/mol. The number of nitrogens with one attached hydrogen (secondary N) is 1. The van der Waals surface area contributed by atoms with Crippen LogP contribution >= 0.6 is 11.3 Å². The van der Waals surface area contributed by atoms with Crippen LogP contribution in [-0.4, -0.2) is 34.6 Å². The molecule has 0 spiro atoms. The lowest BCUT2D eigenvalue weighted by Crippen LogP contribution is -2.61. The second kappa shape index (κ2) is 4.97. The first kappa shape index (κ1) is 12.9. The summed E-state index contributed by atoms with van der Waals surface area (Å²) in [5.41, 5.74) is -1.04. The van der Waals surface area contributed by atoms with Gasteiger partial charge in [0.25, 0.3) is 0 Å². The van der Waals surface area contributed by atoms with Gasteiger partial charge in [-0.1, -0.05) is 6.07 Å². The third-order valence-corrected chi connectivity index (χ3v) is 4.14. The molecule has 2 N–H and O–H groups in total. The van der Waals surface area contributed by atoms with Gasteiger partial charge in [-0.2, -0.15) is 0 Å². The third kappa shape index (κ3) is 2.48. The van der Waals surface area contributed by atoms with E-state index < -0.39 is 11.5 Å². The van der Waals surface area contributed by atoms with E-state index in [0.29, 0.717) is 19.4 Å². The quantitative estimate of drug-likeness (QED) is 0.876. The molecule has 0 saturated heterocycles. The fourth-order valence-corrected chi connectivity index (χ4v) is 2.69. The van der Waals surface area contributed by atoms with Gasteiger partial charge in [0, 0.05) is 11.9 Å². The number of carboxylic acid groups (broad SMARTS) is 1. The molecule has 1 aromatic heterocycles. The zero-order valence-electron chi connectivity index (χ0n) is 10.2. The van der Waals surface area contributed by atoms with E-state index in [0.717, 1.165) is 11.3 Å². The Morgan fingerprint density at radius 1 is 1.56 bits per heavy atom. The minimum absolute atomic E-state index is 0.328. The van der Waals surface area contributed by atoms with Crippen LogP contribution in [0.25, 0.3) is 0 Å². The minimum Gasteiger partial charge on any atom is -0.480 e. The first-order valence-electron chi connectivity index (χ1n) is 5.82. The molecule has 1 aromatic rings. The van der Waals surface area contributed by atoms with Crippen LogP contribution in [0.2, 0.25) is 0 Å². The number of hydrogen-bond acceptors (Lipinski definition) is 3. The Morgan fingerprint density at radius 2 is 2.28 bits per heavy atom. The van der Waals surface area contributed by atoms with Crippen LogP contribution in [0, 0.1) is 0 Å². The van der Waals surface area contributed by atoms with Crippen LogP contribution in [0.3, 0.4) is 0 Å². The number of urea groups is 1. The zero-order chi connectivity index (χ0) is 13.2. The molecule has 6 heteroatoms. The minimum atomic E-state index is -1.04. The van der Waals surface area contributed by atoms with Crippen LogP contribution in [-0.2, 0) is 11.3 Å². The Bertz CT molecular complexity index is 440. The van der Waals surface area contributed by atoms with Crippen LogP contribution in [0.1, 0.15) is 24.1 Å². The van der Waals surface area contributed by atoms with Gasteiger partial charge in [-0.3, -0.25) is 0 Å². The normalized spacial score (nSPS) is 16.7. The molecular formula is C12H16N2O3S. The van der Waals surface area contributed by atoms with Crippen LogP contribution < -0.4 is 5.32 Å². The highest BCUT2D eigenvalue weighted by Crippen LogP contribution is 2.32. The molecule has 5 nitrogen and oxygen atoms in total. The Labute approximate surface area is 109 Å². The molecule has 1 fully saturated rings. The molecule has 1 aliphatic rings. The van der Waals surface area contributed by atoms with Crippen molar-refractivity contribution in [3.63, 3.8) is 0 Å². The molecule has 1 heterocycles. The van der Waals surface area contributed by atoms with Crippen molar-refractivity contribution in [2.24, 2.45) is 0 Å². The average molecular weight is 268 g/mol. The van der Waals surface area contributed by atoms with E-state index in [4.69, 9.17) is 5.11 Å². The molecule has 0 bridgehead atoms. The second-order valence-electron chi connectivity index (χ2n) is 4.61. The largest absolute Gasteiger partial charge is 0.480 e. The summed E-state index contributed by atoms with van der Waals surface area (Å²) in [7, 11) is 1.67. The summed E-state index contributed by atoms with van der Waals surface area (Å²) in [5, 5.41) is 13.7. The van der Waals surface area contributed by atoms with E-state index >= 15 is 0 Å². The van der Waals surface area contributed by atoms with Crippen molar-refractivity contribution < 1.29 is 14.7 Å². The summed E-state index contributed by atoms with van der Waals surface area (Å²) >= 11 is 1.57. The highest BCUT2D eigenvalue weighted by atomic mass is 32.1. The average Bonchev–Trinajstić information content (AvgIpc) is 2.75. The smallest absolute Gasteiger partial charge is 0.329 e. The van der Waals surface area contributed by atoms with Gasteiger partial charge in [-0.15, -0.1) is 11.3 Å². The maximum atomic E-state index is 11.9. The van der Waals surface area contributed by atoms with E-state index in [-0.39, 0.29) is 6.03 Å². The van der Waals surface area contributed by atoms with Gasteiger partial charge in [0.2, 0.25) is 0 Å². The van der Waals surface area contributed by atoms with Crippen molar-refractivity contribution in [1.82, 2.24) is 10.2 Å². The van der Waals surface area contributed by atoms with Gasteiger partial charge in [0.15, 0.2) is 0 Å². The number of carboxylic acids is 1. The summed E-state index contributed by atoms with van der Waals surface area (Å²) in [5.74, 6) is -0.938. The fraction of sp³-hybridized carbons (Fsp3) is 0.500. The van der Waals surface area contributed by atoms with Crippen molar-refractivity contribution in [2.45, 2.75) is 31.3 Å². The standard InChI is InChI=1S/C12H16N2O3S/c1-14(8-9-4-2-7-18-9)11(17)13-12(10(15)16)5-3-6-12/h2,4,7H,3,5-6,8H2,1H3,(H,13,17)(H,15,16). The molecule has 2 amide bonds. The predicted octanol–water partition coefficient (Wildman–Crippen LogP) is 1.90. The molecule has 2 rings (SSSR count). The topological polar surface area (TPSA) is 69.6 Å². The first-order chi connectivity index (χ1) is 8.53. The molecule has 0 radical (unpaired) electrons. The van der Waals surface area contributed by atoms with Gasteiger partial charge in [0.1, 0.15) is 5.54 Å². The highest BCUT2D eigenvalue weighted by molar-refractivity contribution is 7.09. The number of amides is 2. The summed E-state index contributed by atoms with van der Waals surface area (Å²) in [4.78, 5) is 25.7. The number of nitrogens with zero attached hydrogens (tertiary/aromatic N) is 1. The van der Waals surface area contributed by atoms with Gasteiger partial charge < -0.3 is 15.3 Å². The van der Waals surface area contributed by atoms with E-state index in [1.54, 1.807) is 18.4 Å². The molecule has 18 heavy (non-hydrogen) atoms. The van der Waals surface area contributed by atoms with Crippen LogP contribution in [0.15, 0.2) is 17.5 Å². The molecule has 0 unspecified atom stereocenters. The molecule has 98 valence electrons. The van der Waals surface area contributed by atoms with E-state index in [1.165, 1.54) is 4.90 Å². The lowest BCUT2D eigenvalue weighted by atomic mass is 9.77. The van der Waals surface area contributed by atoms with E-state index in [2.05, 4.69) is 5.32 Å². The van der Waals surface area contributed by atoms with Crippen molar-refractivity contribution in [2.75, 3.05) is 7.05 Å². The highest BCUT2D eigenvalue weighted by Gasteiger charge is 2.46. The molecule has 0 aliphatic heterocycles. The number of aliphatic carboxylic acids is 1. The molecule has 0 atom stereocenters. The van der Waals surface area contributed by atoms with E-state index in [1.807, 2.05) is 17.5 Å². The monoisotopic (exact) mass is 268 g/mol. The van der Waals surface area contributed by atoms with Crippen LogP contribution in [0.5, 0.6) is 0 Å². The molecule has 0 aromatic carbocycles. The van der Waals surface area contributed by atoms with Crippen molar-refractivity contribution >= 4 is 23.3 Å². The third-order valence-electron chi connectivity index (χ3n) is 3.28. The van der Waals surface area contributed by atoms with Gasteiger partial charge in [-0.25, -0.2) is 9.59 Å². The van der Waals surface area contributed by atoms with Gasteiger partial charge in [0.05, 0.1) is 6.54 Å². The Balaban J connectivity index is 1.93. The number of carbonyl (C=O) groups is 2. The number of carbonyl (C=O) groups excluding carboxylic acids is 1. The van der Waals surface area contributed by atoms with Gasteiger partial charge in [-0.05, 0) is 30.7 Å². The Kier molecular flexibility index (Phi) is 3.56. The summed E-state index contributed by atoms with van der Waals surface area (Å²) in [6.45, 7) is 0.499. The van der Waals surface area contributed by atoms with Crippen molar-refractivity contribution in [1.29, 1.82) is 0 Å². The lowest BCUT2D eigenvalue weighted by molar-refractivity contribution is -0.148. The second-order valence-corrected chi connectivity index (χ2v) is 5.64. The Morgan fingerprint density at radius 3 is 2.72 bits per heavy atom. The lowest BCUT2D eigenvalue weighted by Gasteiger charge is -2.39. The Hall–Kier alpha value is -1.56. The maximum Gasteiger partial charge on any atom is 0.329 e. The predicted molar refractivity (Wildman–Crippen MR) is 68.5 cm³/mol. The SMILES string of the molecule is CN(Cc1cccs1)C(=O)NC1(C(=O)O)CCC1. The zero-order valence-corrected chi connectivity index (χ0v) is 11.0. The molecule has 1 aliphatic carbocycles. The molecule has 1 saturated carbocycles.